The molecule has 5 aliphatic carbocycles. The minimum atomic E-state index is 0.392. The van der Waals surface area contributed by atoms with Gasteiger partial charge in [0.15, 0.2) is 0 Å². The van der Waals surface area contributed by atoms with E-state index in [1.807, 2.05) is 12.7 Å². The topological polar surface area (TPSA) is 9.23 Å². The first-order valence-corrected chi connectivity index (χ1v) is 5.55. The summed E-state index contributed by atoms with van der Waals surface area (Å²) < 4.78 is 5.45. The molecule has 0 aromatic carbocycles. The molecule has 0 N–H and O–H groups in total. The molecule has 3 fully saturated rings. The maximum Gasteiger partial charge on any atom is 0.0756 e. The second kappa shape index (κ2) is 2.60. The van der Waals surface area contributed by atoms with Crippen LogP contribution in [0.5, 0.6) is 0 Å². The van der Waals surface area contributed by atoms with Crippen LogP contribution in [0.2, 0.25) is 0 Å². The zero-order valence-electron chi connectivity index (χ0n) is 8.55. The summed E-state index contributed by atoms with van der Waals surface area (Å²) in [6.45, 7) is 2.21. The van der Waals surface area contributed by atoms with Gasteiger partial charge in [-0.3, -0.25) is 0 Å². The van der Waals surface area contributed by atoms with Crippen molar-refractivity contribution >= 4 is 0 Å². The first kappa shape index (κ1) is 8.05. The Morgan fingerprint density at radius 1 is 1.23 bits per heavy atom. The van der Waals surface area contributed by atoms with Gasteiger partial charge in [0, 0.05) is 7.11 Å². The standard InChI is InChI=1S/C12H18O/c1-7(13-2)11-5-8-3-9-6-10(4-8)12(9)11/h7-10H,3-6H2,1-2H3. The van der Waals surface area contributed by atoms with E-state index in [0.717, 1.165) is 17.8 Å². The molecule has 3 unspecified atom stereocenters. The third-order valence-corrected chi connectivity index (χ3v) is 4.41. The Morgan fingerprint density at radius 3 is 2.46 bits per heavy atom. The number of methoxy groups -OCH3 is 1. The fraction of sp³-hybridized carbons (Fsp3) is 0.833. The average molecular weight is 178 g/mol. The molecule has 5 aliphatic rings. The van der Waals surface area contributed by atoms with Crippen molar-refractivity contribution in [2.75, 3.05) is 7.11 Å². The Kier molecular flexibility index (Phi) is 1.61. The summed E-state index contributed by atoms with van der Waals surface area (Å²) in [4.78, 5) is 0. The van der Waals surface area contributed by atoms with Crippen LogP contribution < -0.4 is 0 Å². The van der Waals surface area contributed by atoms with Gasteiger partial charge in [-0.25, -0.2) is 0 Å². The molecule has 0 heterocycles. The van der Waals surface area contributed by atoms with Crippen LogP contribution >= 0.6 is 0 Å². The van der Waals surface area contributed by atoms with Crippen molar-refractivity contribution in [3.63, 3.8) is 0 Å². The van der Waals surface area contributed by atoms with E-state index in [2.05, 4.69) is 6.92 Å². The van der Waals surface area contributed by atoms with Gasteiger partial charge in [-0.1, -0.05) is 5.57 Å². The van der Waals surface area contributed by atoms with E-state index < -0.39 is 0 Å². The molecule has 0 saturated heterocycles. The fourth-order valence-corrected chi connectivity index (χ4v) is 3.78. The molecule has 0 aliphatic heterocycles. The fourth-order valence-electron chi connectivity index (χ4n) is 3.78. The van der Waals surface area contributed by atoms with Crippen molar-refractivity contribution in [2.24, 2.45) is 17.8 Å². The van der Waals surface area contributed by atoms with Crippen molar-refractivity contribution in [1.82, 2.24) is 0 Å². The molecule has 1 heteroatoms. The summed E-state index contributed by atoms with van der Waals surface area (Å²) in [5, 5.41) is 0. The molecule has 1 nitrogen and oxygen atoms in total. The van der Waals surface area contributed by atoms with Crippen LogP contribution in [0.1, 0.15) is 32.6 Å². The molecule has 5 rings (SSSR count). The van der Waals surface area contributed by atoms with Gasteiger partial charge in [-0.15, -0.1) is 0 Å². The highest BCUT2D eigenvalue weighted by Crippen LogP contribution is 2.59. The third-order valence-electron chi connectivity index (χ3n) is 4.41. The monoisotopic (exact) mass is 178 g/mol. The van der Waals surface area contributed by atoms with Gasteiger partial charge in [0.05, 0.1) is 6.10 Å². The zero-order chi connectivity index (χ0) is 9.00. The Balaban J connectivity index is 1.95. The summed E-state index contributed by atoms with van der Waals surface area (Å²) in [5.74, 6) is 2.96. The Labute approximate surface area is 80.2 Å². The number of allylic oxidation sites excluding steroid dienone is 1. The van der Waals surface area contributed by atoms with Gasteiger partial charge in [0.1, 0.15) is 0 Å². The molecule has 0 aromatic heterocycles. The molecule has 0 radical (unpaired) electrons. The van der Waals surface area contributed by atoms with E-state index in [1.54, 1.807) is 5.57 Å². The van der Waals surface area contributed by atoms with E-state index in [0.29, 0.717) is 6.10 Å². The van der Waals surface area contributed by atoms with Gasteiger partial charge < -0.3 is 4.74 Å². The highest BCUT2D eigenvalue weighted by molar-refractivity contribution is 5.35. The van der Waals surface area contributed by atoms with E-state index >= 15 is 0 Å². The van der Waals surface area contributed by atoms with Gasteiger partial charge in [-0.2, -0.15) is 0 Å². The lowest BCUT2D eigenvalue weighted by Crippen LogP contribution is -2.44. The predicted octanol–water partition coefficient (Wildman–Crippen LogP) is 2.77. The van der Waals surface area contributed by atoms with Crippen molar-refractivity contribution in [2.45, 2.75) is 38.7 Å². The van der Waals surface area contributed by atoms with Crippen LogP contribution in [0, 0.1) is 17.8 Å². The highest BCUT2D eigenvalue weighted by Gasteiger charge is 2.48. The molecule has 3 saturated carbocycles. The first-order valence-electron chi connectivity index (χ1n) is 5.55. The highest BCUT2D eigenvalue weighted by atomic mass is 16.5. The normalized spacial score (nSPS) is 43.4. The molecule has 4 bridgehead atoms. The minimum Gasteiger partial charge on any atom is -0.377 e. The maximum absolute atomic E-state index is 5.45. The molecule has 0 amide bonds. The maximum atomic E-state index is 5.45. The van der Waals surface area contributed by atoms with Crippen LogP contribution in [0.15, 0.2) is 11.1 Å². The molecule has 72 valence electrons. The molecular formula is C12H18O. The lowest BCUT2D eigenvalue weighted by molar-refractivity contribution is 0.0834. The largest absolute Gasteiger partial charge is 0.377 e. The SMILES string of the molecule is COC(C)C1=C2C3CC(C1)CC2C3. The van der Waals surface area contributed by atoms with Gasteiger partial charge >= 0.3 is 0 Å². The summed E-state index contributed by atoms with van der Waals surface area (Å²) in [7, 11) is 1.84. The molecule has 3 atom stereocenters. The average Bonchev–Trinajstić information content (AvgIpc) is 2.16. The Morgan fingerprint density at radius 2 is 1.92 bits per heavy atom. The zero-order valence-corrected chi connectivity index (χ0v) is 8.55. The summed E-state index contributed by atoms with van der Waals surface area (Å²) in [5.41, 5.74) is 3.49. The van der Waals surface area contributed by atoms with Crippen molar-refractivity contribution in [3.05, 3.63) is 11.1 Å². The number of hydrogen-bond donors (Lipinski definition) is 0. The van der Waals surface area contributed by atoms with E-state index in [4.69, 9.17) is 4.74 Å². The van der Waals surface area contributed by atoms with Crippen molar-refractivity contribution in [3.8, 4) is 0 Å². The minimum absolute atomic E-state index is 0.392. The predicted molar refractivity (Wildman–Crippen MR) is 52.4 cm³/mol. The van der Waals surface area contributed by atoms with Crippen LogP contribution in [0.25, 0.3) is 0 Å². The van der Waals surface area contributed by atoms with Crippen molar-refractivity contribution < 1.29 is 4.74 Å². The lowest BCUT2D eigenvalue weighted by atomic mass is 9.51. The van der Waals surface area contributed by atoms with E-state index in [1.165, 1.54) is 25.7 Å². The van der Waals surface area contributed by atoms with Gasteiger partial charge in [0.25, 0.3) is 0 Å². The van der Waals surface area contributed by atoms with Crippen molar-refractivity contribution in [1.29, 1.82) is 0 Å². The van der Waals surface area contributed by atoms with Gasteiger partial charge in [0.2, 0.25) is 0 Å². The summed E-state index contributed by atoms with van der Waals surface area (Å²) in [6.07, 6.45) is 6.21. The Hall–Kier alpha value is -0.300. The Bertz CT molecular complexity index is 252. The molecule has 0 aromatic rings. The second-order valence-electron chi connectivity index (χ2n) is 5.03. The number of hydrogen-bond acceptors (Lipinski definition) is 1. The smallest absolute Gasteiger partial charge is 0.0756 e. The molecule has 13 heavy (non-hydrogen) atoms. The second-order valence-corrected chi connectivity index (χ2v) is 5.03. The number of fused-ring (bicyclic) bond motifs is 1. The summed E-state index contributed by atoms with van der Waals surface area (Å²) in [6, 6.07) is 0. The van der Waals surface area contributed by atoms with Gasteiger partial charge in [-0.05, 0) is 55.9 Å². The number of rotatable bonds is 2. The summed E-state index contributed by atoms with van der Waals surface area (Å²) >= 11 is 0. The third kappa shape index (κ3) is 0.969. The molecular weight excluding hydrogens is 160 g/mol. The van der Waals surface area contributed by atoms with Crippen LogP contribution in [-0.2, 0) is 4.74 Å². The lowest BCUT2D eigenvalue weighted by Gasteiger charge is -2.54. The van der Waals surface area contributed by atoms with Crippen LogP contribution in [0.3, 0.4) is 0 Å². The van der Waals surface area contributed by atoms with Crippen LogP contribution in [0.4, 0.5) is 0 Å². The number of ether oxygens (including phenoxy) is 1. The molecule has 0 spiro atoms. The van der Waals surface area contributed by atoms with E-state index in [-0.39, 0.29) is 0 Å². The van der Waals surface area contributed by atoms with Crippen LogP contribution in [-0.4, -0.2) is 13.2 Å². The van der Waals surface area contributed by atoms with E-state index in [9.17, 15) is 0 Å². The quantitative estimate of drug-likeness (QED) is 0.591. The first-order chi connectivity index (χ1) is 6.29.